The minimum atomic E-state index is 0.254. The fraction of sp³-hybridized carbons (Fsp3) is 0.909. The van der Waals surface area contributed by atoms with Gasteiger partial charge in [-0.15, -0.1) is 11.8 Å². The Bertz CT molecular complexity index is 229. The zero-order valence-corrected chi connectivity index (χ0v) is 10.2. The number of piperazine rings is 1. The summed E-state index contributed by atoms with van der Waals surface area (Å²) in [6, 6.07) is 0.455. The van der Waals surface area contributed by atoms with E-state index in [4.69, 9.17) is 0 Å². The van der Waals surface area contributed by atoms with E-state index in [1.54, 1.807) is 0 Å². The summed E-state index contributed by atoms with van der Waals surface area (Å²) in [6.45, 7) is 4.87. The second-order valence-electron chi connectivity index (χ2n) is 4.49. The number of rotatable bonds is 1. The molecule has 2 atom stereocenters. The number of thioether (sulfide) groups is 1. The summed E-state index contributed by atoms with van der Waals surface area (Å²) < 4.78 is 0. The predicted octanol–water partition coefficient (Wildman–Crippen LogP) is 1.09. The number of hydrogen-bond donors (Lipinski definition) is 1. The summed E-state index contributed by atoms with van der Waals surface area (Å²) in [4.78, 5) is 14.2. The summed E-state index contributed by atoms with van der Waals surface area (Å²) in [6.07, 6.45) is 3.60. The lowest BCUT2D eigenvalue weighted by molar-refractivity contribution is -0.131. The monoisotopic (exact) mass is 228 g/mol. The third kappa shape index (κ3) is 2.88. The minimum absolute atomic E-state index is 0.254. The second-order valence-corrected chi connectivity index (χ2v) is 5.81. The molecule has 2 fully saturated rings. The largest absolute Gasteiger partial charge is 0.339 e. The van der Waals surface area contributed by atoms with Crippen molar-refractivity contribution >= 4 is 17.7 Å². The molecule has 0 aliphatic carbocycles. The van der Waals surface area contributed by atoms with Gasteiger partial charge >= 0.3 is 0 Å². The number of nitrogens with one attached hydrogen (secondary N) is 1. The zero-order valence-electron chi connectivity index (χ0n) is 9.37. The molecule has 0 spiro atoms. The molecule has 0 aromatic carbocycles. The van der Waals surface area contributed by atoms with Crippen LogP contribution in [0.15, 0.2) is 0 Å². The van der Waals surface area contributed by atoms with E-state index in [-0.39, 0.29) is 5.25 Å². The molecule has 2 aliphatic rings. The molecule has 0 aromatic rings. The molecule has 1 amide bonds. The van der Waals surface area contributed by atoms with Crippen LogP contribution in [-0.4, -0.2) is 47.5 Å². The van der Waals surface area contributed by atoms with Crippen LogP contribution < -0.4 is 5.32 Å². The summed E-state index contributed by atoms with van der Waals surface area (Å²) >= 11 is 1.85. The molecular weight excluding hydrogens is 208 g/mol. The second kappa shape index (κ2) is 5.21. The van der Waals surface area contributed by atoms with Gasteiger partial charge in [-0.05, 0) is 25.5 Å². The van der Waals surface area contributed by atoms with Gasteiger partial charge in [0.2, 0.25) is 5.91 Å². The van der Waals surface area contributed by atoms with E-state index in [0.717, 1.165) is 31.8 Å². The molecule has 0 aromatic heterocycles. The minimum Gasteiger partial charge on any atom is -0.339 e. The molecule has 86 valence electrons. The van der Waals surface area contributed by atoms with Crippen LogP contribution >= 0.6 is 11.8 Å². The Morgan fingerprint density at radius 3 is 3.00 bits per heavy atom. The number of carbonyl (C=O) groups is 1. The van der Waals surface area contributed by atoms with Crippen molar-refractivity contribution < 1.29 is 4.79 Å². The van der Waals surface area contributed by atoms with E-state index in [1.807, 2.05) is 16.7 Å². The van der Waals surface area contributed by atoms with Crippen LogP contribution in [0, 0.1) is 0 Å². The van der Waals surface area contributed by atoms with Crippen LogP contribution in [0.5, 0.6) is 0 Å². The van der Waals surface area contributed by atoms with Crippen molar-refractivity contribution in [3.63, 3.8) is 0 Å². The third-order valence-corrected chi connectivity index (χ3v) is 4.50. The van der Waals surface area contributed by atoms with Crippen LogP contribution in [0.1, 0.15) is 26.2 Å². The number of nitrogens with zero attached hydrogens (tertiary/aromatic N) is 1. The average molecular weight is 228 g/mol. The number of carbonyl (C=O) groups excluding carboxylic acids is 1. The van der Waals surface area contributed by atoms with Gasteiger partial charge < -0.3 is 10.2 Å². The molecule has 3 nitrogen and oxygen atoms in total. The first-order valence-corrected chi connectivity index (χ1v) is 6.96. The maximum atomic E-state index is 12.2. The van der Waals surface area contributed by atoms with Gasteiger partial charge in [0.1, 0.15) is 0 Å². The first-order valence-electron chi connectivity index (χ1n) is 5.91. The fourth-order valence-electron chi connectivity index (χ4n) is 2.27. The van der Waals surface area contributed by atoms with Gasteiger partial charge in [-0.25, -0.2) is 0 Å². The van der Waals surface area contributed by atoms with Crippen LogP contribution in [0.25, 0.3) is 0 Å². The summed E-state index contributed by atoms with van der Waals surface area (Å²) in [5, 5.41) is 3.62. The van der Waals surface area contributed by atoms with Gasteiger partial charge in [0.25, 0.3) is 0 Å². The van der Waals surface area contributed by atoms with Crippen molar-refractivity contribution in [2.45, 2.75) is 37.5 Å². The van der Waals surface area contributed by atoms with E-state index in [9.17, 15) is 4.79 Å². The molecule has 15 heavy (non-hydrogen) atoms. The molecule has 2 unspecified atom stereocenters. The van der Waals surface area contributed by atoms with Crippen molar-refractivity contribution in [3.8, 4) is 0 Å². The molecule has 2 saturated heterocycles. The van der Waals surface area contributed by atoms with Gasteiger partial charge in [-0.1, -0.05) is 6.42 Å². The first-order chi connectivity index (χ1) is 7.27. The molecular formula is C11H20N2OS. The number of hydrogen-bond acceptors (Lipinski definition) is 3. The lowest BCUT2D eigenvalue weighted by Gasteiger charge is -2.35. The van der Waals surface area contributed by atoms with Crippen molar-refractivity contribution in [1.82, 2.24) is 10.2 Å². The molecule has 0 bridgehead atoms. The SMILES string of the molecule is CC1CN(C(=O)C2CCCCS2)CCN1. The highest BCUT2D eigenvalue weighted by Gasteiger charge is 2.28. The van der Waals surface area contributed by atoms with Gasteiger partial charge in [0, 0.05) is 25.7 Å². The topological polar surface area (TPSA) is 32.3 Å². The normalized spacial score (nSPS) is 32.7. The predicted molar refractivity (Wildman–Crippen MR) is 64.1 cm³/mol. The summed E-state index contributed by atoms with van der Waals surface area (Å²) in [5.41, 5.74) is 0. The standard InChI is InChI=1S/C11H20N2OS/c1-9-8-13(6-5-12-9)11(14)10-4-2-3-7-15-10/h9-10,12H,2-8H2,1H3. The Balaban J connectivity index is 1.88. The van der Waals surface area contributed by atoms with Crippen LogP contribution in [0.3, 0.4) is 0 Å². The Morgan fingerprint density at radius 1 is 1.47 bits per heavy atom. The van der Waals surface area contributed by atoms with Gasteiger partial charge in [-0.3, -0.25) is 4.79 Å². The van der Waals surface area contributed by atoms with Crippen LogP contribution in [0.4, 0.5) is 0 Å². The van der Waals surface area contributed by atoms with E-state index >= 15 is 0 Å². The van der Waals surface area contributed by atoms with E-state index in [2.05, 4.69) is 12.2 Å². The Hall–Kier alpha value is -0.220. The molecule has 0 radical (unpaired) electrons. The summed E-state index contributed by atoms with van der Waals surface area (Å²) in [5.74, 6) is 1.55. The number of amides is 1. The maximum absolute atomic E-state index is 12.2. The molecule has 2 rings (SSSR count). The molecule has 2 heterocycles. The smallest absolute Gasteiger partial charge is 0.235 e. The van der Waals surface area contributed by atoms with E-state index in [1.165, 1.54) is 12.8 Å². The first kappa shape index (κ1) is 11.3. The highest BCUT2D eigenvalue weighted by atomic mass is 32.2. The van der Waals surface area contributed by atoms with E-state index in [0.29, 0.717) is 11.9 Å². The van der Waals surface area contributed by atoms with Crippen LogP contribution in [0.2, 0.25) is 0 Å². The fourth-order valence-corrected chi connectivity index (χ4v) is 3.55. The van der Waals surface area contributed by atoms with Crippen molar-refractivity contribution in [3.05, 3.63) is 0 Å². The average Bonchev–Trinajstić information content (AvgIpc) is 2.29. The Kier molecular flexibility index (Phi) is 3.92. The van der Waals surface area contributed by atoms with Crippen molar-refractivity contribution in [2.75, 3.05) is 25.4 Å². The third-order valence-electron chi connectivity index (χ3n) is 3.14. The van der Waals surface area contributed by atoms with Crippen molar-refractivity contribution in [2.24, 2.45) is 0 Å². The Morgan fingerprint density at radius 2 is 2.33 bits per heavy atom. The quantitative estimate of drug-likeness (QED) is 0.729. The molecule has 2 aliphatic heterocycles. The Labute approximate surface area is 96.0 Å². The lowest BCUT2D eigenvalue weighted by Crippen LogP contribution is -2.53. The lowest BCUT2D eigenvalue weighted by atomic mass is 10.1. The van der Waals surface area contributed by atoms with E-state index < -0.39 is 0 Å². The van der Waals surface area contributed by atoms with Crippen molar-refractivity contribution in [1.29, 1.82) is 0 Å². The van der Waals surface area contributed by atoms with Crippen LogP contribution in [-0.2, 0) is 4.79 Å². The van der Waals surface area contributed by atoms with Gasteiger partial charge in [-0.2, -0.15) is 0 Å². The highest BCUT2D eigenvalue weighted by Crippen LogP contribution is 2.26. The highest BCUT2D eigenvalue weighted by molar-refractivity contribution is 8.00. The van der Waals surface area contributed by atoms with Gasteiger partial charge in [0.15, 0.2) is 0 Å². The molecule has 0 saturated carbocycles. The molecule has 4 heteroatoms. The van der Waals surface area contributed by atoms with Gasteiger partial charge in [0.05, 0.1) is 5.25 Å². The maximum Gasteiger partial charge on any atom is 0.235 e. The molecule has 1 N–H and O–H groups in total. The zero-order chi connectivity index (χ0) is 10.7. The summed E-state index contributed by atoms with van der Waals surface area (Å²) in [7, 11) is 0.